The average Bonchev–Trinajstić information content (AvgIpc) is 3.55. The number of fused-ring (bicyclic) bond motifs is 3. The Morgan fingerprint density at radius 3 is 2.08 bits per heavy atom. The van der Waals surface area contributed by atoms with Crippen molar-refractivity contribution in [3.63, 3.8) is 0 Å². The zero-order chi connectivity index (χ0) is 24.2. The normalized spacial score (nSPS) is 13.1. The highest BCUT2D eigenvalue weighted by atomic mass is 32.1. The molecule has 0 amide bonds. The van der Waals surface area contributed by atoms with Crippen LogP contribution >= 0.6 is 11.3 Å². The second-order valence-electron chi connectivity index (χ2n) is 8.53. The van der Waals surface area contributed by atoms with E-state index in [1.165, 1.54) is 6.33 Å². The monoisotopic (exact) mass is 484 g/mol. The first kappa shape index (κ1) is 20.6. The molecule has 0 N–H and O–H groups in total. The zero-order valence-corrected chi connectivity index (χ0v) is 19.6. The number of benzene rings is 3. The third kappa shape index (κ3) is 3.14. The summed E-state index contributed by atoms with van der Waals surface area (Å²) in [7, 11) is 0. The molecule has 7 heteroatoms. The lowest BCUT2D eigenvalue weighted by Crippen LogP contribution is -2.04. The lowest BCUT2D eigenvalue weighted by atomic mass is 10.0. The van der Waals surface area contributed by atoms with Crippen LogP contribution in [0.2, 0.25) is 0 Å². The van der Waals surface area contributed by atoms with Gasteiger partial charge in [-0.1, -0.05) is 54.6 Å². The van der Waals surface area contributed by atoms with Crippen LogP contribution in [0, 0.1) is 0 Å². The number of ketones is 2. The molecule has 6 nitrogen and oxygen atoms in total. The van der Waals surface area contributed by atoms with Crippen molar-refractivity contribution in [2.75, 3.05) is 0 Å². The largest absolute Gasteiger partial charge is 0.289 e. The Hall–Kier alpha value is -4.75. The molecule has 7 rings (SSSR count). The van der Waals surface area contributed by atoms with Crippen molar-refractivity contribution < 1.29 is 9.59 Å². The average molecular weight is 485 g/mol. The van der Waals surface area contributed by atoms with E-state index in [1.54, 1.807) is 41.9 Å². The maximum absolute atomic E-state index is 13.3. The number of rotatable bonds is 3. The highest BCUT2D eigenvalue weighted by Crippen LogP contribution is 2.37. The summed E-state index contributed by atoms with van der Waals surface area (Å²) in [4.78, 5) is 41.7. The van der Waals surface area contributed by atoms with Crippen molar-refractivity contribution in [3.8, 4) is 16.1 Å². The number of hydrogen-bond donors (Lipinski definition) is 0. The van der Waals surface area contributed by atoms with Gasteiger partial charge in [-0.15, -0.1) is 11.3 Å². The van der Waals surface area contributed by atoms with Gasteiger partial charge in [0.25, 0.3) is 0 Å². The van der Waals surface area contributed by atoms with E-state index in [0.717, 1.165) is 31.6 Å². The Balaban J connectivity index is 1.40. The minimum Gasteiger partial charge on any atom is -0.289 e. The first-order chi connectivity index (χ1) is 17.7. The minimum atomic E-state index is -0.284. The van der Waals surface area contributed by atoms with Crippen LogP contribution in [0.5, 0.6) is 0 Å². The molecule has 3 heterocycles. The second-order valence-corrected chi connectivity index (χ2v) is 9.56. The summed E-state index contributed by atoms with van der Waals surface area (Å²) < 4.78 is 1.89. The highest BCUT2D eigenvalue weighted by Gasteiger charge is 2.34. The molecule has 0 saturated carbocycles. The summed E-state index contributed by atoms with van der Waals surface area (Å²) in [6.45, 7) is 0. The van der Waals surface area contributed by atoms with Crippen molar-refractivity contribution >= 4 is 50.1 Å². The zero-order valence-electron chi connectivity index (χ0n) is 18.8. The van der Waals surface area contributed by atoms with Gasteiger partial charge in [-0.3, -0.25) is 14.2 Å². The van der Waals surface area contributed by atoms with Crippen LogP contribution in [0.3, 0.4) is 0 Å². The van der Waals surface area contributed by atoms with Crippen LogP contribution in [0.25, 0.3) is 43.3 Å². The van der Waals surface area contributed by atoms with Gasteiger partial charge in [0.05, 0.1) is 29.2 Å². The molecule has 0 bridgehead atoms. The van der Waals surface area contributed by atoms with Gasteiger partial charge < -0.3 is 0 Å². The number of imidazole rings is 1. The van der Waals surface area contributed by atoms with E-state index in [1.807, 2.05) is 47.0 Å². The third-order valence-corrected chi connectivity index (χ3v) is 7.45. The van der Waals surface area contributed by atoms with E-state index < -0.39 is 0 Å². The van der Waals surface area contributed by atoms with Crippen molar-refractivity contribution in [2.45, 2.75) is 0 Å². The van der Waals surface area contributed by atoms with Gasteiger partial charge in [0.15, 0.2) is 11.6 Å². The number of carbonyl (C=O) groups excluding carboxylic acids is 2. The Labute approximate surface area is 209 Å². The van der Waals surface area contributed by atoms with Crippen LogP contribution in [0.15, 0.2) is 97.1 Å². The lowest BCUT2D eigenvalue weighted by molar-refractivity contribution is 0.0990. The molecular formula is C29H16N4O2S. The van der Waals surface area contributed by atoms with E-state index in [9.17, 15) is 9.59 Å². The Morgan fingerprint density at radius 1 is 0.778 bits per heavy atom. The fourth-order valence-corrected chi connectivity index (χ4v) is 5.71. The van der Waals surface area contributed by atoms with Gasteiger partial charge in [0, 0.05) is 16.0 Å². The number of Topliss-reactive ketones (excluding diaryl/α,β-unsaturated/α-hetero) is 2. The summed E-state index contributed by atoms with van der Waals surface area (Å²) in [5.74, 6) is -0.0828. The van der Waals surface area contributed by atoms with Gasteiger partial charge >= 0.3 is 0 Å². The van der Waals surface area contributed by atoms with E-state index >= 15 is 0 Å². The number of carbonyl (C=O) groups is 2. The first-order valence-electron chi connectivity index (χ1n) is 11.3. The van der Waals surface area contributed by atoms with Gasteiger partial charge in [0.1, 0.15) is 17.0 Å². The summed E-state index contributed by atoms with van der Waals surface area (Å²) in [6.07, 6.45) is 6.44. The number of hydrogen-bond acceptors (Lipinski definition) is 6. The maximum Gasteiger partial charge on any atom is 0.197 e. The molecule has 0 saturated heterocycles. The van der Waals surface area contributed by atoms with E-state index in [-0.39, 0.29) is 17.1 Å². The molecule has 170 valence electrons. The molecule has 3 aromatic heterocycles. The fraction of sp³-hybridized carbons (Fsp3) is 0. The molecular weight excluding hydrogens is 468 g/mol. The van der Waals surface area contributed by atoms with E-state index in [0.29, 0.717) is 22.6 Å². The molecule has 0 unspecified atom stereocenters. The van der Waals surface area contributed by atoms with Gasteiger partial charge in [-0.2, -0.15) is 0 Å². The van der Waals surface area contributed by atoms with Gasteiger partial charge in [0.2, 0.25) is 0 Å². The van der Waals surface area contributed by atoms with Crippen molar-refractivity contribution in [2.24, 2.45) is 0 Å². The summed E-state index contributed by atoms with van der Waals surface area (Å²) >= 11 is 1.56. The van der Waals surface area contributed by atoms with Crippen LogP contribution < -0.4 is 0 Å². The molecule has 3 aromatic carbocycles. The predicted octanol–water partition coefficient (Wildman–Crippen LogP) is 6.16. The van der Waals surface area contributed by atoms with Gasteiger partial charge in [-0.05, 0) is 40.6 Å². The lowest BCUT2D eigenvalue weighted by Gasteiger charge is -2.06. The SMILES string of the molecule is O=C1C(=Cc2nc3sc(-c4ccccc4)cc3n2-c2cncnc2)C(=O)c2cc3ccccc3cc21. The summed E-state index contributed by atoms with van der Waals surface area (Å²) in [6, 6.07) is 23.5. The number of allylic oxidation sites excluding steroid dienone is 1. The van der Waals surface area contributed by atoms with Crippen LogP contribution in [-0.4, -0.2) is 31.1 Å². The van der Waals surface area contributed by atoms with Crippen molar-refractivity contribution in [1.82, 2.24) is 19.5 Å². The Bertz CT molecular complexity index is 1810. The Kier molecular flexibility index (Phi) is 4.52. The van der Waals surface area contributed by atoms with Crippen molar-refractivity contribution in [1.29, 1.82) is 0 Å². The van der Waals surface area contributed by atoms with E-state index in [4.69, 9.17) is 4.98 Å². The Morgan fingerprint density at radius 2 is 1.42 bits per heavy atom. The first-order valence-corrected chi connectivity index (χ1v) is 12.2. The molecule has 0 aliphatic heterocycles. The molecule has 36 heavy (non-hydrogen) atoms. The minimum absolute atomic E-state index is 0.111. The molecule has 0 atom stereocenters. The molecule has 0 spiro atoms. The third-order valence-electron chi connectivity index (χ3n) is 6.38. The van der Waals surface area contributed by atoms with E-state index in [2.05, 4.69) is 28.2 Å². The molecule has 1 aliphatic carbocycles. The van der Waals surface area contributed by atoms with Gasteiger partial charge in [-0.25, -0.2) is 15.0 Å². The number of thiophene rings is 1. The summed E-state index contributed by atoms with van der Waals surface area (Å²) in [5, 5.41) is 1.85. The molecule has 1 aliphatic rings. The number of aromatic nitrogens is 4. The smallest absolute Gasteiger partial charge is 0.197 e. The molecule has 0 radical (unpaired) electrons. The highest BCUT2D eigenvalue weighted by molar-refractivity contribution is 7.21. The second kappa shape index (κ2) is 7.90. The molecule has 0 fully saturated rings. The van der Waals surface area contributed by atoms with Crippen molar-refractivity contribution in [3.05, 3.63) is 114 Å². The van der Waals surface area contributed by atoms with Crippen LogP contribution in [0.4, 0.5) is 0 Å². The standard InChI is InChI=1S/C29H16N4O2S/c34-27-21-10-18-8-4-5-9-19(18)11-22(21)28(35)23(27)12-26-32-29-24(33(26)20-14-30-16-31-15-20)13-25(36-29)17-6-2-1-3-7-17/h1-16H. The topological polar surface area (TPSA) is 77.7 Å². The maximum atomic E-state index is 13.3. The van der Waals surface area contributed by atoms with Crippen LogP contribution in [0.1, 0.15) is 26.5 Å². The quantitative estimate of drug-likeness (QED) is 0.222. The van der Waals surface area contributed by atoms with Crippen LogP contribution in [-0.2, 0) is 0 Å². The molecule has 6 aromatic rings. The fourth-order valence-electron chi connectivity index (χ4n) is 4.68. The summed E-state index contributed by atoms with van der Waals surface area (Å²) in [5.41, 5.74) is 3.63. The number of nitrogens with zero attached hydrogens (tertiary/aromatic N) is 4. The predicted molar refractivity (Wildman–Crippen MR) is 141 cm³/mol.